The summed E-state index contributed by atoms with van der Waals surface area (Å²) in [6.07, 6.45) is 0. The van der Waals surface area contributed by atoms with Crippen molar-refractivity contribution < 1.29 is 4.79 Å². The van der Waals surface area contributed by atoms with Crippen LogP contribution in [0.1, 0.15) is 34.6 Å². The highest BCUT2D eigenvalue weighted by Gasteiger charge is 2.10. The van der Waals surface area contributed by atoms with Crippen molar-refractivity contribution in [2.75, 3.05) is 26.2 Å². The Morgan fingerprint density at radius 3 is 2.00 bits per heavy atom. The summed E-state index contributed by atoms with van der Waals surface area (Å²) < 4.78 is 0. The zero-order valence-corrected chi connectivity index (χ0v) is 10.2. The van der Waals surface area contributed by atoms with Gasteiger partial charge in [-0.15, -0.1) is 0 Å². The van der Waals surface area contributed by atoms with Crippen molar-refractivity contribution in [2.24, 2.45) is 0 Å². The molecule has 0 saturated carbocycles. The molecule has 0 radical (unpaired) electrons. The molecule has 0 unspecified atom stereocenters. The Kier molecular flexibility index (Phi) is 6.54. The van der Waals surface area contributed by atoms with Crippen molar-refractivity contribution in [3.63, 3.8) is 0 Å². The molecule has 0 saturated heterocycles. The predicted octanol–water partition coefficient (Wildman–Crippen LogP) is 1.59. The summed E-state index contributed by atoms with van der Waals surface area (Å²) in [6.45, 7) is 13.9. The first-order chi connectivity index (χ1) is 6.52. The second-order valence-electron chi connectivity index (χ2n) is 3.82. The van der Waals surface area contributed by atoms with E-state index in [0.717, 1.165) is 26.2 Å². The van der Waals surface area contributed by atoms with Crippen LogP contribution in [-0.2, 0) is 4.79 Å². The SMILES string of the molecule is CCN(CCN(CC)C(C)C)C(C)=O. The van der Waals surface area contributed by atoms with E-state index >= 15 is 0 Å². The molecule has 0 aromatic heterocycles. The average molecular weight is 200 g/mol. The van der Waals surface area contributed by atoms with E-state index in [1.165, 1.54) is 0 Å². The highest BCUT2D eigenvalue weighted by molar-refractivity contribution is 5.73. The normalized spacial score (nSPS) is 11.1. The van der Waals surface area contributed by atoms with Gasteiger partial charge in [-0.05, 0) is 27.3 Å². The van der Waals surface area contributed by atoms with E-state index in [1.807, 2.05) is 11.8 Å². The molecular weight excluding hydrogens is 176 g/mol. The number of likely N-dealkylation sites (N-methyl/N-ethyl adjacent to an activating group) is 2. The van der Waals surface area contributed by atoms with E-state index in [1.54, 1.807) is 6.92 Å². The van der Waals surface area contributed by atoms with Crippen molar-refractivity contribution in [3.8, 4) is 0 Å². The molecule has 0 aliphatic heterocycles. The summed E-state index contributed by atoms with van der Waals surface area (Å²) in [5, 5.41) is 0. The molecule has 0 aromatic carbocycles. The summed E-state index contributed by atoms with van der Waals surface area (Å²) in [7, 11) is 0. The van der Waals surface area contributed by atoms with E-state index < -0.39 is 0 Å². The van der Waals surface area contributed by atoms with E-state index in [4.69, 9.17) is 0 Å². The Labute approximate surface area is 88.1 Å². The van der Waals surface area contributed by atoms with E-state index in [-0.39, 0.29) is 5.91 Å². The van der Waals surface area contributed by atoms with Gasteiger partial charge in [0, 0.05) is 32.6 Å². The van der Waals surface area contributed by atoms with E-state index in [9.17, 15) is 4.79 Å². The largest absolute Gasteiger partial charge is 0.342 e. The smallest absolute Gasteiger partial charge is 0.219 e. The molecule has 3 nitrogen and oxygen atoms in total. The van der Waals surface area contributed by atoms with Gasteiger partial charge in [-0.1, -0.05) is 6.92 Å². The molecule has 0 rings (SSSR count). The summed E-state index contributed by atoms with van der Waals surface area (Å²) in [5.41, 5.74) is 0. The van der Waals surface area contributed by atoms with Gasteiger partial charge in [0.1, 0.15) is 0 Å². The van der Waals surface area contributed by atoms with Crippen LogP contribution >= 0.6 is 0 Å². The first kappa shape index (κ1) is 13.4. The summed E-state index contributed by atoms with van der Waals surface area (Å²) >= 11 is 0. The lowest BCUT2D eigenvalue weighted by molar-refractivity contribution is -0.128. The van der Waals surface area contributed by atoms with Crippen LogP contribution in [0.3, 0.4) is 0 Å². The fourth-order valence-corrected chi connectivity index (χ4v) is 1.57. The van der Waals surface area contributed by atoms with Crippen molar-refractivity contribution in [1.82, 2.24) is 9.80 Å². The Morgan fingerprint density at radius 2 is 1.71 bits per heavy atom. The second-order valence-corrected chi connectivity index (χ2v) is 3.82. The average Bonchev–Trinajstić information content (AvgIpc) is 2.11. The number of carbonyl (C=O) groups excluding carboxylic acids is 1. The number of hydrogen-bond donors (Lipinski definition) is 0. The number of hydrogen-bond acceptors (Lipinski definition) is 2. The standard InChI is InChI=1S/C11H24N2O/c1-6-12(10(3)4)8-9-13(7-2)11(5)14/h10H,6-9H2,1-5H3. The van der Waals surface area contributed by atoms with Crippen LogP contribution in [0.4, 0.5) is 0 Å². The molecular formula is C11H24N2O. The van der Waals surface area contributed by atoms with Crippen molar-refractivity contribution >= 4 is 5.91 Å². The second kappa shape index (κ2) is 6.82. The zero-order valence-electron chi connectivity index (χ0n) is 10.2. The van der Waals surface area contributed by atoms with Gasteiger partial charge in [0.2, 0.25) is 5.91 Å². The van der Waals surface area contributed by atoms with Gasteiger partial charge in [0.05, 0.1) is 0 Å². The van der Waals surface area contributed by atoms with Crippen molar-refractivity contribution in [2.45, 2.75) is 40.7 Å². The molecule has 0 heterocycles. The molecule has 84 valence electrons. The van der Waals surface area contributed by atoms with Gasteiger partial charge in [-0.25, -0.2) is 0 Å². The Balaban J connectivity index is 3.94. The maximum absolute atomic E-state index is 11.2. The quantitative estimate of drug-likeness (QED) is 0.650. The van der Waals surface area contributed by atoms with E-state index in [0.29, 0.717) is 6.04 Å². The minimum Gasteiger partial charge on any atom is -0.342 e. The van der Waals surface area contributed by atoms with Gasteiger partial charge in [-0.2, -0.15) is 0 Å². The number of carbonyl (C=O) groups is 1. The molecule has 1 amide bonds. The molecule has 0 atom stereocenters. The number of amides is 1. The molecule has 0 aliphatic rings. The van der Waals surface area contributed by atoms with Crippen LogP contribution in [0.2, 0.25) is 0 Å². The fourth-order valence-electron chi connectivity index (χ4n) is 1.57. The zero-order chi connectivity index (χ0) is 11.1. The van der Waals surface area contributed by atoms with Crippen LogP contribution in [0.15, 0.2) is 0 Å². The lowest BCUT2D eigenvalue weighted by Crippen LogP contribution is -2.40. The summed E-state index contributed by atoms with van der Waals surface area (Å²) in [4.78, 5) is 15.4. The van der Waals surface area contributed by atoms with Crippen LogP contribution < -0.4 is 0 Å². The molecule has 0 spiro atoms. The molecule has 0 fully saturated rings. The van der Waals surface area contributed by atoms with Gasteiger partial charge in [-0.3, -0.25) is 9.69 Å². The third-order valence-corrected chi connectivity index (χ3v) is 2.62. The van der Waals surface area contributed by atoms with Crippen LogP contribution in [0.25, 0.3) is 0 Å². The van der Waals surface area contributed by atoms with Crippen LogP contribution in [0, 0.1) is 0 Å². The maximum Gasteiger partial charge on any atom is 0.219 e. The predicted molar refractivity (Wildman–Crippen MR) is 60.3 cm³/mol. The Bertz CT molecular complexity index is 169. The van der Waals surface area contributed by atoms with Crippen LogP contribution in [0.5, 0.6) is 0 Å². The lowest BCUT2D eigenvalue weighted by atomic mass is 10.3. The first-order valence-electron chi connectivity index (χ1n) is 5.52. The first-order valence-corrected chi connectivity index (χ1v) is 5.52. The fraction of sp³-hybridized carbons (Fsp3) is 0.909. The Hall–Kier alpha value is -0.570. The van der Waals surface area contributed by atoms with Crippen molar-refractivity contribution in [3.05, 3.63) is 0 Å². The number of nitrogens with zero attached hydrogens (tertiary/aromatic N) is 2. The molecule has 3 heteroatoms. The van der Waals surface area contributed by atoms with Gasteiger partial charge in [0.15, 0.2) is 0 Å². The molecule has 0 bridgehead atoms. The van der Waals surface area contributed by atoms with Gasteiger partial charge < -0.3 is 4.90 Å². The van der Waals surface area contributed by atoms with Gasteiger partial charge >= 0.3 is 0 Å². The summed E-state index contributed by atoms with van der Waals surface area (Å²) in [5.74, 6) is 0.173. The van der Waals surface area contributed by atoms with Crippen LogP contribution in [-0.4, -0.2) is 47.9 Å². The topological polar surface area (TPSA) is 23.6 Å². The molecule has 0 aliphatic carbocycles. The van der Waals surface area contributed by atoms with Gasteiger partial charge in [0.25, 0.3) is 0 Å². The molecule has 0 N–H and O–H groups in total. The lowest BCUT2D eigenvalue weighted by Gasteiger charge is -2.28. The highest BCUT2D eigenvalue weighted by atomic mass is 16.2. The molecule has 0 aromatic rings. The van der Waals surface area contributed by atoms with Crippen molar-refractivity contribution in [1.29, 1.82) is 0 Å². The summed E-state index contributed by atoms with van der Waals surface area (Å²) in [6, 6.07) is 0.561. The molecule has 14 heavy (non-hydrogen) atoms. The minimum absolute atomic E-state index is 0.173. The minimum atomic E-state index is 0.173. The third kappa shape index (κ3) is 4.61. The third-order valence-electron chi connectivity index (χ3n) is 2.62. The number of rotatable bonds is 6. The Morgan fingerprint density at radius 1 is 1.14 bits per heavy atom. The van der Waals surface area contributed by atoms with E-state index in [2.05, 4.69) is 25.7 Å². The highest BCUT2D eigenvalue weighted by Crippen LogP contribution is 1.98. The maximum atomic E-state index is 11.2. The monoisotopic (exact) mass is 200 g/mol.